The van der Waals surface area contributed by atoms with Crippen molar-refractivity contribution >= 4 is 30.0 Å². The smallest absolute Gasteiger partial charge is 0.0817 e. The van der Waals surface area contributed by atoms with Gasteiger partial charge >= 0.3 is 0 Å². The van der Waals surface area contributed by atoms with Crippen molar-refractivity contribution in [2.24, 2.45) is 4.99 Å². The number of benzene rings is 4. The van der Waals surface area contributed by atoms with Crippen LogP contribution in [0.3, 0.4) is 0 Å². The summed E-state index contributed by atoms with van der Waals surface area (Å²) in [5, 5.41) is 4.01. The van der Waals surface area contributed by atoms with Crippen LogP contribution in [-0.4, -0.2) is 6.21 Å². The van der Waals surface area contributed by atoms with Gasteiger partial charge in [0.25, 0.3) is 0 Å². The summed E-state index contributed by atoms with van der Waals surface area (Å²) in [6, 6.07) is 40.8. The molecule has 159 valence electrons. The Morgan fingerprint density at radius 1 is 0.576 bits per heavy atom. The van der Waals surface area contributed by atoms with Crippen LogP contribution < -0.4 is 15.9 Å². The van der Waals surface area contributed by atoms with E-state index in [9.17, 15) is 0 Å². The van der Waals surface area contributed by atoms with Crippen molar-refractivity contribution in [2.75, 3.05) is 0 Å². The molecule has 0 aliphatic heterocycles. The second-order valence-corrected chi connectivity index (χ2v) is 10.1. The minimum absolute atomic E-state index is 0.0195. The predicted molar refractivity (Wildman–Crippen MR) is 142 cm³/mol. The Bertz CT molecular complexity index is 1130. The van der Waals surface area contributed by atoms with Gasteiger partial charge in [-0.15, -0.1) is 0 Å². The first kappa shape index (κ1) is 21.8. The third kappa shape index (κ3) is 5.15. The zero-order valence-electron chi connectivity index (χ0n) is 18.3. The monoisotopic (exact) mass is 442 g/mol. The molecule has 0 aromatic heterocycles. The Labute approximate surface area is 199 Å². The molecule has 0 unspecified atom stereocenters. The highest BCUT2D eigenvalue weighted by atomic mass is 31.1. The molecule has 0 bridgehead atoms. The SMILES string of the molecule is [CH]1[CH][CH][C]([C@@H](N=Cc2ccccc2P(c2ccccc2)c2ccccc2)c2ccccc2)[CH]1. The quantitative estimate of drug-likeness (QED) is 0.246. The van der Waals surface area contributed by atoms with Crippen molar-refractivity contribution in [2.45, 2.75) is 6.04 Å². The van der Waals surface area contributed by atoms with Crippen LogP contribution in [0.5, 0.6) is 0 Å². The number of rotatable bonds is 7. The lowest BCUT2D eigenvalue weighted by atomic mass is 9.92. The second-order valence-electron chi connectivity index (χ2n) is 7.87. The van der Waals surface area contributed by atoms with Crippen molar-refractivity contribution in [3.8, 4) is 0 Å². The molecule has 4 aromatic rings. The number of nitrogens with zero attached hydrogens (tertiary/aromatic N) is 1. The fourth-order valence-electron chi connectivity index (χ4n) is 4.11. The Morgan fingerprint density at radius 3 is 1.70 bits per heavy atom. The lowest BCUT2D eigenvalue weighted by molar-refractivity contribution is 0.792. The molecule has 33 heavy (non-hydrogen) atoms. The minimum atomic E-state index is -0.688. The molecule has 1 fully saturated rings. The maximum atomic E-state index is 5.12. The van der Waals surface area contributed by atoms with Crippen LogP contribution in [0, 0.1) is 31.6 Å². The van der Waals surface area contributed by atoms with Crippen LogP contribution in [0.1, 0.15) is 17.2 Å². The molecule has 0 N–H and O–H groups in total. The van der Waals surface area contributed by atoms with E-state index in [1.165, 1.54) is 33.0 Å². The van der Waals surface area contributed by atoms with E-state index in [0.29, 0.717) is 0 Å². The molecule has 0 saturated heterocycles. The van der Waals surface area contributed by atoms with Crippen molar-refractivity contribution in [3.63, 3.8) is 0 Å². The van der Waals surface area contributed by atoms with E-state index in [1.807, 2.05) is 0 Å². The zero-order chi connectivity index (χ0) is 22.3. The molecule has 0 spiro atoms. The van der Waals surface area contributed by atoms with Crippen LogP contribution >= 0.6 is 7.92 Å². The van der Waals surface area contributed by atoms with Gasteiger partial charge in [0.15, 0.2) is 0 Å². The average molecular weight is 443 g/mol. The van der Waals surface area contributed by atoms with E-state index in [-0.39, 0.29) is 6.04 Å². The highest BCUT2D eigenvalue weighted by Gasteiger charge is 2.27. The molecule has 5 radical (unpaired) electrons. The number of aliphatic imine (C=N–C) groups is 1. The largest absolute Gasteiger partial charge is 0.284 e. The second kappa shape index (κ2) is 10.7. The van der Waals surface area contributed by atoms with E-state index in [4.69, 9.17) is 4.99 Å². The first-order valence-corrected chi connectivity index (χ1v) is 12.5. The van der Waals surface area contributed by atoms with Crippen molar-refractivity contribution in [3.05, 3.63) is 158 Å². The standard InChI is InChI=1S/C31H25NP/c1-4-14-25(15-5-1)31(26-16-10-11-17-26)32-24-27-18-12-13-23-30(27)33(28-19-6-2-7-20-28)29-21-8-3-9-22-29/h1-24,31H/t31-/m0/s1. The number of hydrogen-bond acceptors (Lipinski definition) is 1. The normalized spacial score (nSPS) is 15.3. The van der Waals surface area contributed by atoms with Crippen molar-refractivity contribution in [1.29, 1.82) is 0 Å². The van der Waals surface area contributed by atoms with Gasteiger partial charge in [0.1, 0.15) is 0 Å². The average Bonchev–Trinajstić information content (AvgIpc) is 3.42. The fourth-order valence-corrected chi connectivity index (χ4v) is 6.53. The first-order chi connectivity index (χ1) is 16.4. The molecule has 1 nitrogen and oxygen atoms in total. The Balaban J connectivity index is 1.55. The van der Waals surface area contributed by atoms with Crippen molar-refractivity contribution < 1.29 is 0 Å². The zero-order valence-corrected chi connectivity index (χ0v) is 19.2. The topological polar surface area (TPSA) is 12.4 Å². The summed E-state index contributed by atoms with van der Waals surface area (Å²) in [7, 11) is -0.688. The van der Waals surface area contributed by atoms with Crippen LogP contribution in [-0.2, 0) is 0 Å². The molecule has 1 aliphatic carbocycles. The maximum absolute atomic E-state index is 5.12. The Morgan fingerprint density at radius 2 is 1.09 bits per heavy atom. The van der Waals surface area contributed by atoms with Crippen LogP contribution in [0.4, 0.5) is 0 Å². The van der Waals surface area contributed by atoms with Gasteiger partial charge < -0.3 is 0 Å². The van der Waals surface area contributed by atoms with E-state index in [2.05, 4.69) is 147 Å². The van der Waals surface area contributed by atoms with Gasteiger partial charge in [0.05, 0.1) is 6.04 Å². The van der Waals surface area contributed by atoms with Crippen LogP contribution in [0.25, 0.3) is 0 Å². The summed E-state index contributed by atoms with van der Waals surface area (Å²) >= 11 is 0. The summed E-state index contributed by atoms with van der Waals surface area (Å²) in [4.78, 5) is 5.12. The summed E-state index contributed by atoms with van der Waals surface area (Å²) in [5.41, 5.74) is 2.37. The maximum Gasteiger partial charge on any atom is 0.0817 e. The van der Waals surface area contributed by atoms with Gasteiger partial charge in [-0.05, 0) is 55.1 Å². The molecule has 0 heterocycles. The lowest BCUT2D eigenvalue weighted by Gasteiger charge is -2.22. The van der Waals surface area contributed by atoms with Gasteiger partial charge in [-0.3, -0.25) is 4.99 Å². The molecule has 1 saturated carbocycles. The molecular weight excluding hydrogens is 417 g/mol. The summed E-state index contributed by atoms with van der Waals surface area (Å²) in [6.07, 6.45) is 10.5. The van der Waals surface area contributed by atoms with Crippen LogP contribution in [0.15, 0.2) is 120 Å². The lowest BCUT2D eigenvalue weighted by Crippen LogP contribution is -2.23. The van der Waals surface area contributed by atoms with Gasteiger partial charge in [-0.2, -0.15) is 0 Å². The van der Waals surface area contributed by atoms with E-state index >= 15 is 0 Å². The van der Waals surface area contributed by atoms with E-state index in [1.54, 1.807) is 0 Å². The minimum Gasteiger partial charge on any atom is -0.284 e. The van der Waals surface area contributed by atoms with E-state index < -0.39 is 7.92 Å². The van der Waals surface area contributed by atoms with Gasteiger partial charge in [-0.1, -0.05) is 115 Å². The third-order valence-corrected chi connectivity index (χ3v) is 8.21. The molecule has 0 amide bonds. The molecule has 2 heteroatoms. The summed E-state index contributed by atoms with van der Waals surface area (Å²) in [5.74, 6) is 1.21. The highest BCUT2D eigenvalue weighted by molar-refractivity contribution is 7.80. The van der Waals surface area contributed by atoms with Crippen molar-refractivity contribution in [1.82, 2.24) is 0 Å². The Kier molecular flexibility index (Phi) is 7.09. The molecule has 1 aliphatic rings. The molecule has 5 rings (SSSR count). The predicted octanol–water partition coefficient (Wildman–Crippen LogP) is 6.01. The fraction of sp³-hybridized carbons (Fsp3) is 0.0323. The summed E-state index contributed by atoms with van der Waals surface area (Å²) < 4.78 is 0. The number of hydrogen-bond donors (Lipinski definition) is 0. The Hall–Kier alpha value is -3.02. The summed E-state index contributed by atoms with van der Waals surface area (Å²) in [6.45, 7) is 0. The van der Waals surface area contributed by atoms with Gasteiger partial charge in [-0.25, -0.2) is 0 Å². The van der Waals surface area contributed by atoms with Gasteiger partial charge in [0, 0.05) is 17.7 Å². The first-order valence-electron chi connectivity index (χ1n) is 11.2. The highest BCUT2D eigenvalue weighted by Crippen LogP contribution is 2.38. The molecule has 4 aromatic carbocycles. The molecular formula is C31H25NP. The van der Waals surface area contributed by atoms with E-state index in [0.717, 1.165) is 0 Å². The third-order valence-electron chi connectivity index (χ3n) is 5.69. The van der Waals surface area contributed by atoms with Gasteiger partial charge in [0.2, 0.25) is 0 Å². The molecule has 1 atom stereocenters. The van der Waals surface area contributed by atoms with Crippen LogP contribution in [0.2, 0.25) is 0 Å².